The van der Waals surface area contributed by atoms with Crippen molar-refractivity contribution >= 4 is 15.9 Å². The van der Waals surface area contributed by atoms with Gasteiger partial charge in [-0.1, -0.05) is 6.92 Å². The topological polar surface area (TPSA) is 82.6 Å². The standard InChI is InChI=1S/C27H44N4O5S/c1-6-31-22-7-8-23(31)18-24(17-22)29-9-11-30(12-10-29)26(32)19-36-14-13-28(4)37(33,34)27-20(2)15-25(35-5)16-21(27)3/h15-16,22-24H,6-14,17-19H2,1-5H3. The van der Waals surface area contributed by atoms with Crippen molar-refractivity contribution < 1.29 is 22.7 Å². The summed E-state index contributed by atoms with van der Waals surface area (Å²) in [6.07, 6.45) is 5.18. The van der Waals surface area contributed by atoms with Crippen molar-refractivity contribution in [3.63, 3.8) is 0 Å². The molecule has 2 bridgehead atoms. The summed E-state index contributed by atoms with van der Waals surface area (Å²) in [6, 6.07) is 5.56. The lowest BCUT2D eigenvalue weighted by Gasteiger charge is -2.45. The third kappa shape index (κ3) is 6.14. The van der Waals surface area contributed by atoms with Crippen LogP contribution >= 0.6 is 0 Å². The normalized spacial score (nSPS) is 25.1. The molecule has 3 aliphatic rings. The van der Waals surface area contributed by atoms with E-state index in [0.717, 1.165) is 44.8 Å². The number of sulfonamides is 1. The number of hydrogen-bond acceptors (Lipinski definition) is 7. The van der Waals surface area contributed by atoms with E-state index in [9.17, 15) is 13.2 Å². The highest BCUT2D eigenvalue weighted by Gasteiger charge is 2.42. The Balaban J connectivity index is 1.19. The van der Waals surface area contributed by atoms with Gasteiger partial charge in [0.25, 0.3) is 0 Å². The minimum Gasteiger partial charge on any atom is -0.497 e. The number of piperazine rings is 1. The van der Waals surface area contributed by atoms with Gasteiger partial charge in [0.15, 0.2) is 0 Å². The van der Waals surface area contributed by atoms with Gasteiger partial charge < -0.3 is 14.4 Å². The Morgan fingerprint density at radius 1 is 1.03 bits per heavy atom. The minimum atomic E-state index is -3.68. The summed E-state index contributed by atoms with van der Waals surface area (Å²) in [7, 11) is -0.574. The number of amides is 1. The fourth-order valence-electron chi connectivity index (χ4n) is 6.55. The van der Waals surface area contributed by atoms with E-state index in [1.54, 1.807) is 40.1 Å². The molecule has 3 aliphatic heterocycles. The summed E-state index contributed by atoms with van der Waals surface area (Å²) in [5.41, 5.74) is 1.28. The molecule has 1 aromatic carbocycles. The van der Waals surface area contributed by atoms with Crippen LogP contribution in [0.4, 0.5) is 0 Å². The molecular weight excluding hydrogens is 492 g/mol. The highest BCUT2D eigenvalue weighted by Crippen LogP contribution is 2.37. The minimum absolute atomic E-state index is 0.0203. The second kappa shape index (κ2) is 12.0. The molecule has 208 valence electrons. The first kappa shape index (κ1) is 28.3. The number of likely N-dealkylation sites (N-methyl/N-ethyl adjacent to an activating group) is 1. The zero-order valence-corrected chi connectivity index (χ0v) is 23.9. The van der Waals surface area contributed by atoms with E-state index in [0.29, 0.717) is 22.9 Å². The summed E-state index contributed by atoms with van der Waals surface area (Å²) in [6.45, 7) is 10.6. The summed E-state index contributed by atoms with van der Waals surface area (Å²) < 4.78 is 38.4. The average Bonchev–Trinajstić information content (AvgIpc) is 3.12. The van der Waals surface area contributed by atoms with Crippen LogP contribution in [0, 0.1) is 13.8 Å². The number of rotatable bonds is 10. The van der Waals surface area contributed by atoms with Gasteiger partial charge in [-0.15, -0.1) is 0 Å². The Hall–Kier alpha value is -1.72. The van der Waals surface area contributed by atoms with Crippen molar-refractivity contribution in [2.24, 2.45) is 0 Å². The molecule has 10 heteroatoms. The number of fused-ring (bicyclic) bond motifs is 2. The van der Waals surface area contributed by atoms with Gasteiger partial charge in [0.2, 0.25) is 15.9 Å². The van der Waals surface area contributed by atoms with Crippen LogP contribution in [0.5, 0.6) is 5.75 Å². The molecule has 37 heavy (non-hydrogen) atoms. The number of methoxy groups -OCH3 is 1. The Kier molecular flexibility index (Phi) is 9.17. The first-order chi connectivity index (χ1) is 17.6. The van der Waals surface area contributed by atoms with E-state index in [1.807, 2.05) is 4.90 Å². The van der Waals surface area contributed by atoms with Crippen LogP contribution in [0.2, 0.25) is 0 Å². The molecule has 3 fully saturated rings. The summed E-state index contributed by atoms with van der Waals surface area (Å²) in [4.78, 5) is 20.2. The molecule has 0 aliphatic carbocycles. The molecule has 0 spiro atoms. The number of ether oxygens (including phenoxy) is 2. The third-order valence-corrected chi connectivity index (χ3v) is 10.7. The smallest absolute Gasteiger partial charge is 0.248 e. The second-order valence-electron chi connectivity index (χ2n) is 10.7. The Morgan fingerprint density at radius 2 is 1.62 bits per heavy atom. The zero-order valence-electron chi connectivity index (χ0n) is 23.1. The van der Waals surface area contributed by atoms with Crippen molar-refractivity contribution in [1.82, 2.24) is 19.0 Å². The van der Waals surface area contributed by atoms with E-state index in [1.165, 1.54) is 30.0 Å². The van der Waals surface area contributed by atoms with Crippen LogP contribution < -0.4 is 4.74 Å². The highest BCUT2D eigenvalue weighted by molar-refractivity contribution is 7.89. The molecule has 0 radical (unpaired) electrons. The molecule has 4 rings (SSSR count). The van der Waals surface area contributed by atoms with Crippen LogP contribution in [0.15, 0.2) is 17.0 Å². The van der Waals surface area contributed by atoms with Gasteiger partial charge in [0, 0.05) is 57.9 Å². The number of carbonyl (C=O) groups excluding carboxylic acids is 1. The van der Waals surface area contributed by atoms with E-state index >= 15 is 0 Å². The van der Waals surface area contributed by atoms with Gasteiger partial charge in [-0.3, -0.25) is 14.6 Å². The number of piperidine rings is 1. The predicted molar refractivity (Wildman–Crippen MR) is 143 cm³/mol. The first-order valence-corrected chi connectivity index (χ1v) is 15.1. The highest BCUT2D eigenvalue weighted by atomic mass is 32.2. The maximum absolute atomic E-state index is 13.1. The lowest BCUT2D eigenvalue weighted by Crippen LogP contribution is -2.56. The molecular formula is C27H44N4O5S. The van der Waals surface area contributed by atoms with Crippen molar-refractivity contribution in [3.8, 4) is 5.75 Å². The Bertz CT molecular complexity index is 1020. The third-order valence-electron chi connectivity index (χ3n) is 8.52. The monoisotopic (exact) mass is 536 g/mol. The molecule has 2 atom stereocenters. The lowest BCUT2D eigenvalue weighted by molar-refractivity contribution is -0.138. The summed E-state index contributed by atoms with van der Waals surface area (Å²) in [5, 5.41) is 0. The van der Waals surface area contributed by atoms with Crippen LogP contribution in [0.3, 0.4) is 0 Å². The quantitative estimate of drug-likeness (QED) is 0.424. The lowest BCUT2D eigenvalue weighted by atomic mass is 9.95. The average molecular weight is 537 g/mol. The zero-order chi connectivity index (χ0) is 26.7. The second-order valence-corrected chi connectivity index (χ2v) is 12.7. The van der Waals surface area contributed by atoms with E-state index in [2.05, 4.69) is 16.7 Å². The molecule has 9 nitrogen and oxygen atoms in total. The van der Waals surface area contributed by atoms with Gasteiger partial charge in [0.05, 0.1) is 18.6 Å². The van der Waals surface area contributed by atoms with Crippen molar-refractivity contribution in [1.29, 1.82) is 0 Å². The van der Waals surface area contributed by atoms with Crippen molar-refractivity contribution in [3.05, 3.63) is 23.3 Å². The molecule has 2 unspecified atom stereocenters. The summed E-state index contributed by atoms with van der Waals surface area (Å²) in [5.74, 6) is 0.612. The molecule has 0 saturated carbocycles. The molecule has 3 heterocycles. The van der Waals surface area contributed by atoms with Crippen LogP contribution in [-0.4, -0.2) is 118 Å². The number of carbonyl (C=O) groups is 1. The predicted octanol–water partition coefficient (Wildman–Crippen LogP) is 2.11. The first-order valence-electron chi connectivity index (χ1n) is 13.6. The van der Waals surface area contributed by atoms with Crippen LogP contribution in [-0.2, 0) is 19.6 Å². The van der Waals surface area contributed by atoms with Gasteiger partial charge in [-0.25, -0.2) is 8.42 Å². The molecule has 0 aromatic heterocycles. The van der Waals surface area contributed by atoms with Crippen LogP contribution in [0.25, 0.3) is 0 Å². The van der Waals surface area contributed by atoms with Gasteiger partial charge >= 0.3 is 0 Å². The number of benzene rings is 1. The summed E-state index contributed by atoms with van der Waals surface area (Å²) >= 11 is 0. The molecule has 0 N–H and O–H groups in total. The molecule has 1 amide bonds. The fraction of sp³-hybridized carbons (Fsp3) is 0.741. The maximum atomic E-state index is 13.1. The van der Waals surface area contributed by atoms with Crippen molar-refractivity contribution in [2.45, 2.75) is 69.5 Å². The Labute approximate surface area is 222 Å². The van der Waals surface area contributed by atoms with Crippen molar-refractivity contribution in [2.75, 3.05) is 66.6 Å². The van der Waals surface area contributed by atoms with Crippen LogP contribution in [0.1, 0.15) is 43.7 Å². The molecule has 3 saturated heterocycles. The maximum Gasteiger partial charge on any atom is 0.248 e. The van der Waals surface area contributed by atoms with Gasteiger partial charge in [-0.05, 0) is 69.3 Å². The SMILES string of the molecule is CCN1C2CCC1CC(N1CCN(C(=O)COCCN(C)S(=O)(=O)c3c(C)cc(OC)cc3C)CC1)C2. The fourth-order valence-corrected chi connectivity index (χ4v) is 8.11. The Morgan fingerprint density at radius 3 is 2.16 bits per heavy atom. The molecule has 1 aromatic rings. The van der Waals surface area contributed by atoms with E-state index in [4.69, 9.17) is 9.47 Å². The van der Waals surface area contributed by atoms with Gasteiger partial charge in [-0.2, -0.15) is 4.31 Å². The number of aryl methyl sites for hydroxylation is 2. The van der Waals surface area contributed by atoms with E-state index in [-0.39, 0.29) is 30.6 Å². The largest absolute Gasteiger partial charge is 0.497 e. The number of hydrogen-bond donors (Lipinski definition) is 0. The number of nitrogens with zero attached hydrogens (tertiary/aromatic N) is 4. The van der Waals surface area contributed by atoms with Gasteiger partial charge in [0.1, 0.15) is 12.4 Å². The van der Waals surface area contributed by atoms with E-state index < -0.39 is 10.0 Å².